The molecule has 1 atom stereocenters. The summed E-state index contributed by atoms with van der Waals surface area (Å²) in [5.41, 5.74) is 3.20. The highest BCUT2D eigenvalue weighted by atomic mass is 32.2. The van der Waals surface area contributed by atoms with Crippen LogP contribution >= 0.6 is 0 Å². The third kappa shape index (κ3) is 5.17. The number of rotatable bonds is 7. The lowest BCUT2D eigenvalue weighted by atomic mass is 10.1. The van der Waals surface area contributed by atoms with E-state index >= 15 is 0 Å². The van der Waals surface area contributed by atoms with Crippen LogP contribution in [0.2, 0.25) is 0 Å². The number of nitrogens with zero attached hydrogens (tertiary/aromatic N) is 1. The molecule has 8 heteroatoms. The molecule has 3 aromatic carbocycles. The minimum Gasteiger partial charge on any atom is -0.486 e. The first-order chi connectivity index (χ1) is 16.2. The number of carbonyl (C=O) groups excluding carboxylic acids is 1. The summed E-state index contributed by atoms with van der Waals surface area (Å²) >= 11 is 0. The number of anilines is 1. The van der Waals surface area contributed by atoms with Gasteiger partial charge in [-0.25, -0.2) is 8.42 Å². The fraction of sp³-hybridized carbons (Fsp3) is 0.269. The lowest BCUT2D eigenvalue weighted by Crippen LogP contribution is -2.41. The Kier molecular flexibility index (Phi) is 6.79. The Morgan fingerprint density at radius 1 is 0.912 bits per heavy atom. The summed E-state index contributed by atoms with van der Waals surface area (Å²) in [7, 11) is -3.96. The minimum absolute atomic E-state index is 0.131. The largest absolute Gasteiger partial charge is 0.486 e. The van der Waals surface area contributed by atoms with Gasteiger partial charge in [-0.1, -0.05) is 41.5 Å². The van der Waals surface area contributed by atoms with E-state index in [1.54, 1.807) is 36.4 Å². The molecule has 1 aliphatic rings. The molecule has 178 valence electrons. The molecule has 0 fully saturated rings. The lowest BCUT2D eigenvalue weighted by Gasteiger charge is -2.25. The third-order valence-electron chi connectivity index (χ3n) is 5.66. The maximum Gasteiger partial charge on any atom is 0.264 e. The maximum absolute atomic E-state index is 13.5. The summed E-state index contributed by atoms with van der Waals surface area (Å²) < 4.78 is 39.3. The molecule has 0 bridgehead atoms. The molecule has 1 aliphatic heterocycles. The number of nitrogens with one attached hydrogen (secondary N) is 1. The number of hydrogen-bond acceptors (Lipinski definition) is 5. The second kappa shape index (κ2) is 9.77. The summed E-state index contributed by atoms with van der Waals surface area (Å²) in [6.45, 7) is 6.27. The molecule has 3 aromatic rings. The van der Waals surface area contributed by atoms with Gasteiger partial charge in [-0.15, -0.1) is 0 Å². The van der Waals surface area contributed by atoms with Crippen LogP contribution in [0.1, 0.15) is 29.7 Å². The van der Waals surface area contributed by atoms with Gasteiger partial charge in [0.25, 0.3) is 10.0 Å². The van der Waals surface area contributed by atoms with Gasteiger partial charge in [-0.2, -0.15) is 0 Å². The van der Waals surface area contributed by atoms with E-state index in [1.165, 1.54) is 0 Å². The molecular weight excluding hydrogens is 452 g/mol. The molecule has 0 saturated heterocycles. The fourth-order valence-electron chi connectivity index (χ4n) is 3.69. The zero-order valence-corrected chi connectivity index (χ0v) is 20.3. The van der Waals surface area contributed by atoms with E-state index in [0.29, 0.717) is 30.4 Å². The van der Waals surface area contributed by atoms with Crippen molar-refractivity contribution in [2.45, 2.75) is 31.7 Å². The van der Waals surface area contributed by atoms with E-state index in [2.05, 4.69) is 5.32 Å². The number of fused-ring (bicyclic) bond motifs is 1. The van der Waals surface area contributed by atoms with Crippen molar-refractivity contribution in [3.05, 3.63) is 83.4 Å². The van der Waals surface area contributed by atoms with Crippen molar-refractivity contribution >= 4 is 21.6 Å². The predicted molar refractivity (Wildman–Crippen MR) is 131 cm³/mol. The predicted octanol–water partition coefficient (Wildman–Crippen LogP) is 4.15. The average molecular weight is 481 g/mol. The Hall–Kier alpha value is -3.52. The van der Waals surface area contributed by atoms with Crippen LogP contribution in [-0.2, 0) is 14.8 Å². The zero-order chi connectivity index (χ0) is 24.3. The van der Waals surface area contributed by atoms with Gasteiger partial charge in [0.1, 0.15) is 19.8 Å². The Labute approximate surface area is 200 Å². The van der Waals surface area contributed by atoms with Gasteiger partial charge in [0.2, 0.25) is 5.91 Å². The van der Waals surface area contributed by atoms with Gasteiger partial charge < -0.3 is 14.8 Å². The minimum atomic E-state index is -3.96. The molecule has 0 saturated carbocycles. The Morgan fingerprint density at radius 3 is 2.15 bits per heavy atom. The van der Waals surface area contributed by atoms with Crippen LogP contribution in [0.3, 0.4) is 0 Å². The van der Waals surface area contributed by atoms with E-state index < -0.39 is 15.9 Å². The van der Waals surface area contributed by atoms with E-state index in [-0.39, 0.29) is 17.5 Å². The highest BCUT2D eigenvalue weighted by molar-refractivity contribution is 7.92. The summed E-state index contributed by atoms with van der Waals surface area (Å²) in [6.07, 6.45) is 0. The number of ether oxygens (including phenoxy) is 2. The molecule has 0 radical (unpaired) electrons. The Morgan fingerprint density at radius 2 is 1.50 bits per heavy atom. The van der Waals surface area contributed by atoms with Gasteiger partial charge in [0, 0.05) is 0 Å². The van der Waals surface area contributed by atoms with Crippen molar-refractivity contribution < 1.29 is 22.7 Å². The summed E-state index contributed by atoms with van der Waals surface area (Å²) in [5, 5.41) is 2.91. The number of aryl methyl sites for hydroxylation is 2. The number of carbonyl (C=O) groups is 1. The van der Waals surface area contributed by atoms with Gasteiger partial charge in [-0.3, -0.25) is 9.10 Å². The first kappa shape index (κ1) is 23.6. The molecule has 0 aliphatic carbocycles. The molecule has 1 amide bonds. The average Bonchev–Trinajstić information content (AvgIpc) is 2.83. The monoisotopic (exact) mass is 480 g/mol. The van der Waals surface area contributed by atoms with E-state index in [9.17, 15) is 13.2 Å². The van der Waals surface area contributed by atoms with Crippen molar-refractivity contribution in [2.75, 3.05) is 24.1 Å². The van der Waals surface area contributed by atoms with Crippen LogP contribution in [0, 0.1) is 13.8 Å². The van der Waals surface area contributed by atoms with Crippen molar-refractivity contribution in [3.63, 3.8) is 0 Å². The lowest BCUT2D eigenvalue weighted by molar-refractivity contribution is -0.120. The maximum atomic E-state index is 13.5. The van der Waals surface area contributed by atoms with Gasteiger partial charge in [-0.05, 0) is 62.7 Å². The normalized spacial score (nSPS) is 13.7. The van der Waals surface area contributed by atoms with Gasteiger partial charge in [0.05, 0.1) is 16.6 Å². The second-order valence-corrected chi connectivity index (χ2v) is 10.2. The first-order valence-electron chi connectivity index (χ1n) is 11.1. The topological polar surface area (TPSA) is 84.9 Å². The molecule has 0 spiro atoms. The van der Waals surface area contributed by atoms with Crippen molar-refractivity contribution in [3.8, 4) is 11.5 Å². The highest BCUT2D eigenvalue weighted by Crippen LogP contribution is 2.32. The highest BCUT2D eigenvalue weighted by Gasteiger charge is 2.28. The van der Waals surface area contributed by atoms with Crippen LogP contribution in [0.15, 0.2) is 71.6 Å². The second-order valence-electron chi connectivity index (χ2n) is 8.35. The molecule has 1 N–H and O–H groups in total. The first-order valence-corrected chi connectivity index (χ1v) is 12.5. The zero-order valence-electron chi connectivity index (χ0n) is 19.4. The molecule has 1 heterocycles. The van der Waals surface area contributed by atoms with Crippen LogP contribution < -0.4 is 19.1 Å². The Bertz CT molecular complexity index is 1270. The van der Waals surface area contributed by atoms with E-state index in [4.69, 9.17) is 9.47 Å². The van der Waals surface area contributed by atoms with Crippen LogP contribution in [-0.4, -0.2) is 34.1 Å². The molecule has 34 heavy (non-hydrogen) atoms. The van der Waals surface area contributed by atoms with E-state index in [1.807, 2.05) is 51.1 Å². The third-order valence-corrected chi connectivity index (χ3v) is 7.45. The number of amides is 1. The Balaban J connectivity index is 1.56. The van der Waals surface area contributed by atoms with Crippen LogP contribution in [0.5, 0.6) is 11.5 Å². The van der Waals surface area contributed by atoms with Crippen molar-refractivity contribution in [1.29, 1.82) is 0 Å². The van der Waals surface area contributed by atoms with Gasteiger partial charge in [0.15, 0.2) is 11.5 Å². The molecule has 7 nitrogen and oxygen atoms in total. The van der Waals surface area contributed by atoms with Crippen molar-refractivity contribution in [2.24, 2.45) is 0 Å². The smallest absolute Gasteiger partial charge is 0.264 e. The SMILES string of the molecule is Cc1ccc(N(CC(=O)N[C@H](C)c2ccc3c(c2)OCCO3)S(=O)(=O)c2ccc(C)cc2)cc1. The summed E-state index contributed by atoms with van der Waals surface area (Å²) in [6, 6.07) is 18.8. The fourth-order valence-corrected chi connectivity index (χ4v) is 5.11. The van der Waals surface area contributed by atoms with E-state index in [0.717, 1.165) is 21.0 Å². The van der Waals surface area contributed by atoms with Gasteiger partial charge >= 0.3 is 0 Å². The molecule has 0 unspecified atom stereocenters. The number of sulfonamides is 1. The van der Waals surface area contributed by atoms with Crippen LogP contribution in [0.25, 0.3) is 0 Å². The summed E-state index contributed by atoms with van der Waals surface area (Å²) in [5.74, 6) is 0.884. The number of hydrogen-bond donors (Lipinski definition) is 1. The quantitative estimate of drug-likeness (QED) is 0.549. The number of benzene rings is 3. The standard InChI is InChI=1S/C26H28N2O5S/c1-18-4-9-22(10-5-18)28(34(30,31)23-11-6-19(2)7-12-23)17-26(29)27-20(3)21-8-13-24-25(16-21)33-15-14-32-24/h4-13,16,20H,14-15,17H2,1-3H3,(H,27,29)/t20-/m1/s1. The van der Waals surface area contributed by atoms with Crippen LogP contribution in [0.4, 0.5) is 5.69 Å². The molecular formula is C26H28N2O5S. The molecule has 0 aromatic heterocycles. The summed E-state index contributed by atoms with van der Waals surface area (Å²) in [4.78, 5) is 13.2. The molecule has 4 rings (SSSR count). The van der Waals surface area contributed by atoms with Crippen molar-refractivity contribution in [1.82, 2.24) is 5.32 Å².